The topological polar surface area (TPSA) is 44.7 Å². The Balaban J connectivity index is 1.47. The van der Waals surface area contributed by atoms with Crippen molar-refractivity contribution in [3.05, 3.63) is 153 Å². The average Bonchev–Trinajstić information content (AvgIpc) is 4.02. The van der Waals surface area contributed by atoms with Gasteiger partial charge in [0, 0.05) is 0 Å². The van der Waals surface area contributed by atoms with E-state index in [0.717, 1.165) is 80.8 Å². The third-order valence-electron chi connectivity index (χ3n) is 12.1. The standard InChI is InChI=1S/2C23H21O2.C2H6Si.2ClH.Zr/c2*1-4-16-9-10-17-12-19(22-11-8-15(2)25-22)14-21(17)23(16)18-6-5-7-20(13-18)24-3;1-3-2;;;/h2*5-14H,4H2,1-3H3;1-2H3;2*1H;/q;;;;;+2/p-2. The fourth-order valence-electron chi connectivity index (χ4n) is 9.31. The van der Waals surface area contributed by atoms with E-state index in [2.05, 4.69) is 112 Å². The summed E-state index contributed by atoms with van der Waals surface area (Å²) in [6, 6.07) is 34.2. The quantitative estimate of drug-likeness (QED) is 0.129. The summed E-state index contributed by atoms with van der Waals surface area (Å²) in [5.41, 5.74) is 12.5. The summed E-state index contributed by atoms with van der Waals surface area (Å²) in [5.74, 6) is 4.98. The van der Waals surface area contributed by atoms with Crippen LogP contribution in [0.25, 0.3) is 45.6 Å². The van der Waals surface area contributed by atoms with Crippen LogP contribution in [0, 0.1) is 13.8 Å². The first kappa shape index (κ1) is 39.0. The molecule has 0 spiro atoms. The van der Waals surface area contributed by atoms with Gasteiger partial charge in [-0.2, -0.15) is 0 Å². The molecular formula is C48H48Cl2O4SiZr. The Labute approximate surface area is 338 Å². The SMILES string of the molecule is CCc1ccc2c(c1-c1cccc(OC)c1)C=C(c1ccc(C)o1)[CH]2[Zr]([Cl])([Cl])([CH]1C(c2ccc(C)o2)=Cc2c1ccc(CC)c2-c1cccc(OC)c1)=[Si](C)C. The molecule has 0 saturated carbocycles. The van der Waals surface area contributed by atoms with Gasteiger partial charge in [0.25, 0.3) is 0 Å². The molecule has 56 heavy (non-hydrogen) atoms. The van der Waals surface area contributed by atoms with Gasteiger partial charge in [-0.25, -0.2) is 0 Å². The average molecular weight is 879 g/mol. The molecule has 0 amide bonds. The number of rotatable bonds is 10. The van der Waals surface area contributed by atoms with E-state index >= 15 is 0 Å². The van der Waals surface area contributed by atoms with E-state index in [1.165, 1.54) is 33.4 Å². The van der Waals surface area contributed by atoms with Crippen LogP contribution in [0.3, 0.4) is 0 Å². The minimum atomic E-state index is -5.43. The molecule has 2 heterocycles. The molecule has 4 nitrogen and oxygen atoms in total. The number of halogens is 2. The monoisotopic (exact) mass is 876 g/mol. The van der Waals surface area contributed by atoms with E-state index in [0.29, 0.717) is 0 Å². The second-order valence-electron chi connectivity index (χ2n) is 15.4. The van der Waals surface area contributed by atoms with Crippen LogP contribution in [0.4, 0.5) is 0 Å². The summed E-state index contributed by atoms with van der Waals surface area (Å²) in [5, 5.41) is 0. The first-order chi connectivity index (χ1) is 26.9. The van der Waals surface area contributed by atoms with Gasteiger partial charge in [-0.1, -0.05) is 0 Å². The predicted octanol–water partition coefficient (Wildman–Crippen LogP) is 14.1. The van der Waals surface area contributed by atoms with Crippen LogP contribution in [0.2, 0.25) is 13.1 Å². The van der Waals surface area contributed by atoms with Gasteiger partial charge in [-0.15, -0.1) is 0 Å². The number of fused-ring (bicyclic) bond motifs is 2. The van der Waals surface area contributed by atoms with Crippen molar-refractivity contribution in [1.29, 1.82) is 0 Å². The molecule has 2 atom stereocenters. The number of benzene rings is 4. The van der Waals surface area contributed by atoms with Crippen LogP contribution >= 0.6 is 17.0 Å². The zero-order valence-electron chi connectivity index (χ0n) is 33.4. The number of allylic oxidation sites excluding steroid dienone is 2. The second-order valence-corrected chi connectivity index (χ2v) is 54.2. The van der Waals surface area contributed by atoms with Gasteiger partial charge in [0.15, 0.2) is 0 Å². The van der Waals surface area contributed by atoms with Gasteiger partial charge in [-0.05, 0) is 0 Å². The number of ether oxygens (including phenoxy) is 2. The van der Waals surface area contributed by atoms with E-state index in [1.807, 2.05) is 38.1 Å². The molecule has 2 aliphatic rings. The Morgan fingerprint density at radius 1 is 0.607 bits per heavy atom. The van der Waals surface area contributed by atoms with Gasteiger partial charge in [0.1, 0.15) is 0 Å². The number of aryl methyl sites for hydroxylation is 4. The number of furan rings is 2. The molecular weight excluding hydrogens is 831 g/mol. The van der Waals surface area contributed by atoms with E-state index in [4.69, 9.17) is 35.3 Å². The van der Waals surface area contributed by atoms with Crippen LogP contribution in [0.1, 0.15) is 77.5 Å². The van der Waals surface area contributed by atoms with Crippen molar-refractivity contribution in [2.45, 2.75) is 60.9 Å². The molecule has 8 rings (SSSR count). The molecule has 0 N–H and O–H groups in total. The van der Waals surface area contributed by atoms with Crippen molar-refractivity contribution in [2.75, 3.05) is 14.2 Å². The third-order valence-corrected chi connectivity index (χ3v) is 58.4. The zero-order chi connectivity index (χ0) is 39.5. The number of methoxy groups -OCH3 is 2. The molecule has 0 bridgehead atoms. The summed E-state index contributed by atoms with van der Waals surface area (Å²) in [6.45, 7) is 13.1. The van der Waals surface area contributed by atoms with Crippen molar-refractivity contribution in [1.82, 2.24) is 0 Å². The van der Waals surface area contributed by atoms with Crippen LogP contribution in [0.5, 0.6) is 11.5 Å². The normalized spacial score (nSPS) is 16.3. The van der Waals surface area contributed by atoms with Crippen molar-refractivity contribution in [3.8, 4) is 33.8 Å². The van der Waals surface area contributed by atoms with Crippen LogP contribution in [0.15, 0.2) is 106 Å². The molecule has 2 unspecified atom stereocenters. The van der Waals surface area contributed by atoms with Gasteiger partial charge in [0.2, 0.25) is 0 Å². The minimum absolute atomic E-state index is 0.263. The fourth-order valence-corrected chi connectivity index (χ4v) is 37.0. The van der Waals surface area contributed by atoms with E-state index < -0.39 is 20.4 Å². The summed E-state index contributed by atoms with van der Waals surface area (Å²) in [7, 11) is 21.3. The number of hydrogen-bond donors (Lipinski definition) is 0. The maximum absolute atomic E-state index is 8.96. The Hall–Kier alpha value is -3.80. The molecule has 2 aromatic heterocycles. The van der Waals surface area contributed by atoms with Gasteiger partial charge < -0.3 is 0 Å². The van der Waals surface area contributed by atoms with Crippen molar-refractivity contribution < 1.29 is 33.3 Å². The van der Waals surface area contributed by atoms with E-state index in [1.54, 1.807) is 14.2 Å². The fraction of sp³-hybridized carbons (Fsp3) is 0.250. The summed E-state index contributed by atoms with van der Waals surface area (Å²) < 4.78 is 24.1. The Kier molecular flexibility index (Phi) is 10.4. The number of hydrogen-bond acceptors (Lipinski definition) is 4. The first-order valence-electron chi connectivity index (χ1n) is 19.5. The van der Waals surface area contributed by atoms with Gasteiger partial charge >= 0.3 is 341 Å². The molecule has 6 aromatic rings. The molecule has 286 valence electrons. The first-order valence-corrected chi connectivity index (χ1v) is 34.8. The van der Waals surface area contributed by atoms with E-state index in [9.17, 15) is 0 Å². The zero-order valence-corrected chi connectivity index (χ0v) is 38.3. The Morgan fingerprint density at radius 3 is 1.38 bits per heavy atom. The maximum atomic E-state index is 8.96. The summed E-state index contributed by atoms with van der Waals surface area (Å²) >= 11 is -5.43. The molecule has 2 aliphatic carbocycles. The van der Waals surface area contributed by atoms with Gasteiger partial charge in [0.05, 0.1) is 0 Å². The Morgan fingerprint density at radius 2 is 1.04 bits per heavy atom. The molecule has 0 aliphatic heterocycles. The van der Waals surface area contributed by atoms with Crippen LogP contribution < -0.4 is 9.47 Å². The molecule has 4 aromatic carbocycles. The van der Waals surface area contributed by atoms with Crippen molar-refractivity contribution >= 4 is 45.8 Å². The molecule has 0 saturated heterocycles. The van der Waals surface area contributed by atoms with Gasteiger partial charge in [-0.3, -0.25) is 0 Å². The summed E-state index contributed by atoms with van der Waals surface area (Å²) in [6.07, 6.45) is 6.42. The van der Waals surface area contributed by atoms with Crippen LogP contribution in [-0.2, 0) is 27.9 Å². The van der Waals surface area contributed by atoms with E-state index in [-0.39, 0.29) is 7.25 Å². The second kappa shape index (κ2) is 14.9. The molecule has 0 fully saturated rings. The van der Waals surface area contributed by atoms with Crippen LogP contribution in [-0.4, -0.2) is 19.7 Å². The molecule has 8 heteroatoms. The summed E-state index contributed by atoms with van der Waals surface area (Å²) in [4.78, 5) is 0. The third kappa shape index (κ3) is 6.18. The van der Waals surface area contributed by atoms with Crippen molar-refractivity contribution in [3.63, 3.8) is 0 Å². The predicted molar refractivity (Wildman–Crippen MR) is 233 cm³/mol. The van der Waals surface area contributed by atoms with Crippen molar-refractivity contribution in [2.24, 2.45) is 0 Å². The Bertz CT molecular complexity index is 2500. The molecule has 0 radical (unpaired) electrons.